The number of aromatic nitrogens is 2. The van der Waals surface area contributed by atoms with E-state index < -0.39 is 0 Å². The summed E-state index contributed by atoms with van der Waals surface area (Å²) in [7, 11) is 0. The molecule has 0 saturated heterocycles. The number of aryl methyl sites for hydroxylation is 1. The van der Waals surface area contributed by atoms with Crippen molar-refractivity contribution in [2.45, 2.75) is 6.92 Å². The molecule has 0 atom stereocenters. The summed E-state index contributed by atoms with van der Waals surface area (Å²) in [6.07, 6.45) is 1.71. The Balaban J connectivity index is 1.46. The van der Waals surface area contributed by atoms with Crippen LogP contribution < -0.4 is 10.6 Å². The lowest BCUT2D eigenvalue weighted by atomic mass is 10.1. The maximum absolute atomic E-state index is 12.4. The van der Waals surface area contributed by atoms with E-state index in [4.69, 9.17) is 11.6 Å². The first-order valence-electron chi connectivity index (χ1n) is 9.66. The first-order chi connectivity index (χ1) is 15.0. The van der Waals surface area contributed by atoms with E-state index in [9.17, 15) is 9.59 Å². The molecular weight excluding hydrogens is 412 g/mol. The van der Waals surface area contributed by atoms with Gasteiger partial charge < -0.3 is 10.6 Å². The van der Waals surface area contributed by atoms with Gasteiger partial charge in [-0.3, -0.25) is 14.6 Å². The Labute approximate surface area is 184 Å². The number of rotatable bonds is 5. The molecule has 1 aromatic heterocycles. The second kappa shape index (κ2) is 8.93. The molecule has 1 heterocycles. The number of carbonyl (C=O) groups excluding carboxylic acids is 2. The number of benzene rings is 3. The fourth-order valence-electron chi connectivity index (χ4n) is 3.07. The Hall–Kier alpha value is -3.77. The summed E-state index contributed by atoms with van der Waals surface area (Å²) in [6.45, 7) is 1.75. The van der Waals surface area contributed by atoms with Gasteiger partial charge in [0.15, 0.2) is 0 Å². The molecule has 7 heteroatoms. The maximum atomic E-state index is 12.4. The summed E-state index contributed by atoms with van der Waals surface area (Å²) in [5.74, 6) is -0.670. The minimum atomic E-state index is -0.344. The van der Waals surface area contributed by atoms with Gasteiger partial charge in [-0.15, -0.1) is 0 Å². The van der Waals surface area contributed by atoms with E-state index in [1.807, 2.05) is 49.4 Å². The monoisotopic (exact) mass is 430 g/mol. The summed E-state index contributed by atoms with van der Waals surface area (Å²) in [4.78, 5) is 33.7. The van der Waals surface area contributed by atoms with E-state index in [1.54, 1.807) is 30.5 Å². The van der Waals surface area contributed by atoms with E-state index >= 15 is 0 Å². The predicted octanol–water partition coefficient (Wildman–Crippen LogP) is 4.63. The van der Waals surface area contributed by atoms with Crippen LogP contribution in [-0.4, -0.2) is 28.3 Å². The Morgan fingerprint density at radius 1 is 0.968 bits per heavy atom. The van der Waals surface area contributed by atoms with Gasteiger partial charge in [0.1, 0.15) is 0 Å². The van der Waals surface area contributed by atoms with Crippen molar-refractivity contribution in [2.24, 2.45) is 0 Å². The molecule has 4 aromatic rings. The molecule has 6 nitrogen and oxygen atoms in total. The minimum Gasteiger partial charge on any atom is -0.343 e. The van der Waals surface area contributed by atoms with Crippen molar-refractivity contribution < 1.29 is 9.59 Å². The SMILES string of the molecule is Cc1ccc(-c2cnc3ccccc3n2)cc1NC(=O)CNC(=O)c1ccc(Cl)cc1. The lowest BCUT2D eigenvalue weighted by Gasteiger charge is -2.11. The normalized spacial score (nSPS) is 10.6. The number of fused-ring (bicyclic) bond motifs is 1. The van der Waals surface area contributed by atoms with Crippen LogP contribution in [0.5, 0.6) is 0 Å². The number of nitrogens with zero attached hydrogens (tertiary/aromatic N) is 2. The van der Waals surface area contributed by atoms with Gasteiger partial charge in [-0.05, 0) is 55.0 Å². The average Bonchev–Trinajstić information content (AvgIpc) is 2.79. The van der Waals surface area contributed by atoms with Gasteiger partial charge in [0.05, 0.1) is 29.5 Å². The van der Waals surface area contributed by atoms with Gasteiger partial charge in [-0.1, -0.05) is 35.9 Å². The van der Waals surface area contributed by atoms with Crippen LogP contribution in [0, 0.1) is 6.92 Å². The zero-order valence-electron chi connectivity index (χ0n) is 16.7. The number of carbonyl (C=O) groups is 2. The van der Waals surface area contributed by atoms with Crippen molar-refractivity contribution >= 4 is 40.1 Å². The highest BCUT2D eigenvalue weighted by Gasteiger charge is 2.11. The van der Waals surface area contributed by atoms with Crippen LogP contribution in [0.15, 0.2) is 72.9 Å². The number of halogens is 1. The zero-order chi connectivity index (χ0) is 21.8. The molecule has 2 amide bonds. The smallest absolute Gasteiger partial charge is 0.251 e. The molecule has 0 spiro atoms. The highest BCUT2D eigenvalue weighted by molar-refractivity contribution is 6.30. The Morgan fingerprint density at radius 3 is 2.48 bits per heavy atom. The topological polar surface area (TPSA) is 84.0 Å². The standard InChI is InChI=1S/C24H19ClN4O2/c1-15-6-7-17(22-13-26-19-4-2-3-5-20(19)28-22)12-21(15)29-23(30)14-27-24(31)16-8-10-18(25)11-9-16/h2-13H,14H2,1H3,(H,27,31)(H,29,30). The predicted molar refractivity (Wildman–Crippen MR) is 122 cm³/mol. The van der Waals surface area contributed by atoms with Gasteiger partial charge in [0.2, 0.25) is 5.91 Å². The molecule has 3 aromatic carbocycles. The zero-order valence-corrected chi connectivity index (χ0v) is 17.5. The van der Waals surface area contributed by atoms with Crippen LogP contribution in [0.3, 0.4) is 0 Å². The van der Waals surface area contributed by atoms with Crippen LogP contribution in [0.2, 0.25) is 5.02 Å². The van der Waals surface area contributed by atoms with Crippen molar-refractivity contribution in [2.75, 3.05) is 11.9 Å². The molecule has 0 radical (unpaired) electrons. The lowest BCUT2D eigenvalue weighted by molar-refractivity contribution is -0.115. The fourth-order valence-corrected chi connectivity index (χ4v) is 3.20. The highest BCUT2D eigenvalue weighted by Crippen LogP contribution is 2.25. The van der Waals surface area contributed by atoms with Crippen LogP contribution in [0.4, 0.5) is 5.69 Å². The highest BCUT2D eigenvalue weighted by atomic mass is 35.5. The number of para-hydroxylation sites is 2. The van der Waals surface area contributed by atoms with E-state index in [0.29, 0.717) is 22.0 Å². The fraction of sp³-hybridized carbons (Fsp3) is 0.0833. The van der Waals surface area contributed by atoms with E-state index in [1.165, 1.54) is 0 Å². The van der Waals surface area contributed by atoms with Gasteiger partial charge in [-0.25, -0.2) is 4.98 Å². The summed E-state index contributed by atoms with van der Waals surface area (Å²) in [6, 6.07) is 19.8. The van der Waals surface area contributed by atoms with Crippen LogP contribution in [0.1, 0.15) is 15.9 Å². The van der Waals surface area contributed by atoms with Gasteiger partial charge >= 0.3 is 0 Å². The Bertz CT molecular complexity index is 1270. The summed E-state index contributed by atoms with van der Waals surface area (Å²) in [5, 5.41) is 6.00. The third kappa shape index (κ3) is 4.87. The molecule has 0 unspecified atom stereocenters. The van der Waals surface area contributed by atoms with Gasteiger partial charge in [0, 0.05) is 21.8 Å². The molecule has 4 rings (SSSR count). The van der Waals surface area contributed by atoms with Crippen molar-refractivity contribution in [3.63, 3.8) is 0 Å². The maximum Gasteiger partial charge on any atom is 0.251 e. The molecule has 154 valence electrons. The molecular formula is C24H19ClN4O2. The van der Waals surface area contributed by atoms with Crippen LogP contribution in [-0.2, 0) is 4.79 Å². The third-order valence-electron chi connectivity index (χ3n) is 4.77. The third-order valence-corrected chi connectivity index (χ3v) is 5.02. The largest absolute Gasteiger partial charge is 0.343 e. The van der Waals surface area contributed by atoms with E-state index in [2.05, 4.69) is 20.6 Å². The summed E-state index contributed by atoms with van der Waals surface area (Å²) >= 11 is 5.83. The van der Waals surface area contributed by atoms with E-state index in [-0.39, 0.29) is 18.4 Å². The first-order valence-corrected chi connectivity index (χ1v) is 10.0. The Morgan fingerprint density at radius 2 is 1.71 bits per heavy atom. The lowest BCUT2D eigenvalue weighted by Crippen LogP contribution is -2.33. The number of amides is 2. The number of hydrogen-bond acceptors (Lipinski definition) is 4. The van der Waals surface area contributed by atoms with Crippen molar-refractivity contribution in [1.29, 1.82) is 0 Å². The molecule has 0 saturated carbocycles. The molecule has 0 aliphatic carbocycles. The first kappa shape index (κ1) is 20.5. The average molecular weight is 431 g/mol. The molecule has 0 bridgehead atoms. The number of nitrogens with one attached hydrogen (secondary N) is 2. The molecule has 0 aliphatic rings. The number of anilines is 1. The molecule has 0 fully saturated rings. The van der Waals surface area contributed by atoms with Crippen molar-refractivity contribution in [1.82, 2.24) is 15.3 Å². The molecule has 31 heavy (non-hydrogen) atoms. The Kier molecular flexibility index (Phi) is 5.91. The van der Waals surface area contributed by atoms with Crippen molar-refractivity contribution in [3.8, 4) is 11.3 Å². The van der Waals surface area contributed by atoms with Crippen molar-refractivity contribution in [3.05, 3.63) is 89.1 Å². The second-order valence-corrected chi connectivity index (χ2v) is 7.45. The van der Waals surface area contributed by atoms with Gasteiger partial charge in [-0.2, -0.15) is 0 Å². The quantitative estimate of drug-likeness (QED) is 0.483. The molecule has 2 N–H and O–H groups in total. The van der Waals surface area contributed by atoms with E-state index in [0.717, 1.165) is 22.2 Å². The second-order valence-electron chi connectivity index (χ2n) is 7.01. The molecule has 0 aliphatic heterocycles. The van der Waals surface area contributed by atoms with Gasteiger partial charge in [0.25, 0.3) is 5.91 Å². The minimum absolute atomic E-state index is 0.152. The van der Waals surface area contributed by atoms with Crippen LogP contribution >= 0.6 is 11.6 Å². The summed E-state index contributed by atoms with van der Waals surface area (Å²) < 4.78 is 0. The van der Waals surface area contributed by atoms with Crippen LogP contribution in [0.25, 0.3) is 22.3 Å². The number of hydrogen-bond donors (Lipinski definition) is 2. The summed E-state index contributed by atoms with van der Waals surface area (Å²) in [5.41, 5.74) is 5.16.